The fourth-order valence-corrected chi connectivity index (χ4v) is 4.59. The van der Waals surface area contributed by atoms with Gasteiger partial charge in [0.2, 0.25) is 5.82 Å². The summed E-state index contributed by atoms with van der Waals surface area (Å²) in [5.74, 6) is -4.00. The molecule has 35 heavy (non-hydrogen) atoms. The van der Waals surface area contributed by atoms with Crippen LogP contribution in [0.25, 0.3) is 11.1 Å². The van der Waals surface area contributed by atoms with Crippen LogP contribution in [0.5, 0.6) is 5.75 Å². The molecule has 0 saturated heterocycles. The van der Waals surface area contributed by atoms with Crippen LogP contribution in [0.1, 0.15) is 55.2 Å². The van der Waals surface area contributed by atoms with Crippen LogP contribution in [-0.2, 0) is 18.0 Å². The molecule has 7 heteroatoms. The lowest BCUT2D eigenvalue weighted by Gasteiger charge is -2.29. The van der Waals surface area contributed by atoms with Crippen molar-refractivity contribution in [2.75, 3.05) is 6.61 Å². The summed E-state index contributed by atoms with van der Waals surface area (Å²) in [6.07, 6.45) is 2.25. The fourth-order valence-electron chi connectivity index (χ4n) is 4.59. The van der Waals surface area contributed by atoms with Crippen LogP contribution in [-0.4, -0.2) is 17.8 Å². The minimum Gasteiger partial charge on any atom is -0.491 e. The van der Waals surface area contributed by atoms with Crippen LogP contribution in [0.3, 0.4) is 0 Å². The molecule has 0 amide bonds. The van der Waals surface area contributed by atoms with Gasteiger partial charge in [0.1, 0.15) is 0 Å². The van der Waals surface area contributed by atoms with E-state index in [0.717, 1.165) is 0 Å². The molecule has 1 N–H and O–H groups in total. The predicted octanol–water partition coefficient (Wildman–Crippen LogP) is 7.04. The summed E-state index contributed by atoms with van der Waals surface area (Å²) in [7, 11) is 0. The third-order valence-electron chi connectivity index (χ3n) is 6.57. The minimum absolute atomic E-state index is 0.0722. The normalized spacial score (nSPS) is 18.0. The largest absolute Gasteiger partial charge is 0.491 e. The molecule has 0 aromatic heterocycles. The first kappa shape index (κ1) is 25.2. The van der Waals surface area contributed by atoms with Crippen LogP contribution < -0.4 is 4.74 Å². The van der Waals surface area contributed by atoms with Crippen molar-refractivity contribution in [1.82, 2.24) is 0 Å². The van der Waals surface area contributed by atoms with Crippen molar-refractivity contribution in [2.45, 2.75) is 57.8 Å². The van der Waals surface area contributed by atoms with Gasteiger partial charge >= 0.3 is 0 Å². The molecule has 3 aromatic carbocycles. The zero-order chi connectivity index (χ0) is 24.9. The van der Waals surface area contributed by atoms with E-state index in [0.29, 0.717) is 42.4 Å². The van der Waals surface area contributed by atoms with E-state index >= 15 is 0 Å². The summed E-state index contributed by atoms with van der Waals surface area (Å²) < 4.78 is 69.1. The number of benzene rings is 3. The van der Waals surface area contributed by atoms with E-state index < -0.39 is 23.3 Å². The number of ether oxygens (including phenoxy) is 2. The van der Waals surface area contributed by atoms with Crippen molar-refractivity contribution >= 4 is 0 Å². The summed E-state index contributed by atoms with van der Waals surface area (Å²) >= 11 is 0. The Morgan fingerprint density at radius 3 is 2.17 bits per heavy atom. The number of rotatable bonds is 8. The van der Waals surface area contributed by atoms with Gasteiger partial charge in [-0.3, -0.25) is 0 Å². The highest BCUT2D eigenvalue weighted by Crippen LogP contribution is 2.38. The Kier molecular flexibility index (Phi) is 8.08. The first-order chi connectivity index (χ1) is 16.9. The summed E-state index contributed by atoms with van der Waals surface area (Å²) in [6, 6.07) is 12.7. The monoisotopic (exact) mass is 488 g/mol. The van der Waals surface area contributed by atoms with Crippen LogP contribution in [0.2, 0.25) is 0 Å². The van der Waals surface area contributed by atoms with Gasteiger partial charge in [-0.15, -0.1) is 0 Å². The molecule has 4 rings (SSSR count). The lowest BCUT2D eigenvalue weighted by molar-refractivity contribution is 0.0116. The summed E-state index contributed by atoms with van der Waals surface area (Å²) in [5, 5.41) is 9.16. The first-order valence-corrected chi connectivity index (χ1v) is 11.8. The second-order valence-electron chi connectivity index (χ2n) is 8.75. The third-order valence-corrected chi connectivity index (χ3v) is 6.57. The standard InChI is InChI=1S/C28H28F4O3/c1-2-34-24-14-9-20(25(29)28(24)32)16-35-21-10-7-19(8-11-21)23-13-12-22(26(30)27(23)31)18-5-3-17(15-33)4-6-18/h3-6,9,12-14,19,21,33H,2,7-8,10-11,15-16H2,1H3. The third kappa shape index (κ3) is 5.52. The average molecular weight is 489 g/mol. The number of aliphatic hydroxyl groups excluding tert-OH is 1. The van der Waals surface area contributed by atoms with Crippen molar-refractivity contribution in [3.05, 3.63) is 88.5 Å². The van der Waals surface area contributed by atoms with E-state index in [2.05, 4.69) is 0 Å². The molecule has 0 radical (unpaired) electrons. The smallest absolute Gasteiger partial charge is 0.200 e. The van der Waals surface area contributed by atoms with Crippen molar-refractivity contribution in [3.63, 3.8) is 0 Å². The maximum atomic E-state index is 15.0. The number of hydrogen-bond acceptors (Lipinski definition) is 3. The molecule has 0 heterocycles. The summed E-state index contributed by atoms with van der Waals surface area (Å²) in [6.45, 7) is 1.74. The quantitative estimate of drug-likeness (QED) is 0.346. The van der Waals surface area contributed by atoms with Gasteiger partial charge in [0.15, 0.2) is 23.2 Å². The van der Waals surface area contributed by atoms with Crippen molar-refractivity contribution in [3.8, 4) is 16.9 Å². The SMILES string of the molecule is CCOc1ccc(COC2CCC(c3ccc(-c4ccc(CO)cc4)c(F)c3F)CC2)c(F)c1F. The van der Waals surface area contributed by atoms with Gasteiger partial charge in [-0.25, -0.2) is 13.2 Å². The number of aliphatic hydroxyl groups is 1. The van der Waals surface area contributed by atoms with Gasteiger partial charge in [-0.05, 0) is 67.3 Å². The lowest BCUT2D eigenvalue weighted by Crippen LogP contribution is -2.21. The van der Waals surface area contributed by atoms with Crippen LogP contribution in [0.4, 0.5) is 17.6 Å². The van der Waals surface area contributed by atoms with Crippen molar-refractivity contribution in [1.29, 1.82) is 0 Å². The Balaban J connectivity index is 1.37. The molecule has 1 fully saturated rings. The lowest BCUT2D eigenvalue weighted by atomic mass is 9.82. The molecular formula is C28H28F4O3. The molecule has 0 atom stereocenters. The summed E-state index contributed by atoms with van der Waals surface area (Å²) in [4.78, 5) is 0. The molecule has 0 spiro atoms. The molecule has 186 valence electrons. The second kappa shape index (κ2) is 11.2. The predicted molar refractivity (Wildman–Crippen MR) is 125 cm³/mol. The van der Waals surface area contributed by atoms with E-state index in [1.807, 2.05) is 0 Å². The van der Waals surface area contributed by atoms with Gasteiger partial charge in [0.05, 0.1) is 25.9 Å². The van der Waals surface area contributed by atoms with Crippen LogP contribution in [0.15, 0.2) is 48.5 Å². The number of halogens is 4. The number of hydrogen-bond donors (Lipinski definition) is 1. The van der Waals surface area contributed by atoms with E-state index in [4.69, 9.17) is 14.6 Å². The second-order valence-corrected chi connectivity index (χ2v) is 8.75. The highest BCUT2D eigenvalue weighted by molar-refractivity contribution is 5.65. The molecule has 0 bridgehead atoms. The minimum atomic E-state index is -1.03. The molecule has 0 unspecified atom stereocenters. The molecule has 1 aliphatic carbocycles. The van der Waals surface area contributed by atoms with E-state index in [1.165, 1.54) is 12.1 Å². The van der Waals surface area contributed by atoms with Crippen molar-refractivity contribution < 1.29 is 32.1 Å². The van der Waals surface area contributed by atoms with E-state index in [-0.39, 0.29) is 48.7 Å². The van der Waals surface area contributed by atoms with E-state index in [1.54, 1.807) is 43.3 Å². The molecule has 3 aromatic rings. The fraction of sp³-hybridized carbons (Fsp3) is 0.357. The Bertz CT molecular complexity index is 1160. The first-order valence-electron chi connectivity index (χ1n) is 11.8. The summed E-state index contributed by atoms with van der Waals surface area (Å²) in [5.41, 5.74) is 1.87. The maximum Gasteiger partial charge on any atom is 0.200 e. The Morgan fingerprint density at radius 2 is 1.51 bits per heavy atom. The van der Waals surface area contributed by atoms with Crippen molar-refractivity contribution in [2.24, 2.45) is 0 Å². The van der Waals surface area contributed by atoms with E-state index in [9.17, 15) is 17.6 Å². The van der Waals surface area contributed by atoms with Gasteiger partial charge in [0.25, 0.3) is 0 Å². The Hall–Kier alpha value is -2.90. The average Bonchev–Trinajstić information content (AvgIpc) is 2.88. The maximum absolute atomic E-state index is 15.0. The van der Waals surface area contributed by atoms with Gasteiger partial charge in [-0.1, -0.05) is 36.4 Å². The highest BCUT2D eigenvalue weighted by atomic mass is 19.2. The van der Waals surface area contributed by atoms with Gasteiger partial charge in [-0.2, -0.15) is 4.39 Å². The Morgan fingerprint density at radius 1 is 0.800 bits per heavy atom. The van der Waals surface area contributed by atoms with Gasteiger partial charge < -0.3 is 14.6 Å². The molecule has 1 saturated carbocycles. The van der Waals surface area contributed by atoms with Crippen LogP contribution >= 0.6 is 0 Å². The Labute approximate surface area is 202 Å². The van der Waals surface area contributed by atoms with Gasteiger partial charge in [0, 0.05) is 11.1 Å². The molecule has 0 aliphatic heterocycles. The molecular weight excluding hydrogens is 460 g/mol. The topological polar surface area (TPSA) is 38.7 Å². The highest BCUT2D eigenvalue weighted by Gasteiger charge is 2.27. The molecule has 1 aliphatic rings. The van der Waals surface area contributed by atoms with Crippen LogP contribution in [0, 0.1) is 23.3 Å². The molecule has 3 nitrogen and oxygen atoms in total. The zero-order valence-corrected chi connectivity index (χ0v) is 19.5. The zero-order valence-electron chi connectivity index (χ0n) is 19.5.